The number of nitrogens with one attached hydrogen (secondary N) is 1. The molecule has 0 rings (SSSR count). The molecule has 0 aromatic carbocycles. The van der Waals surface area contributed by atoms with E-state index >= 15 is 0 Å². The van der Waals surface area contributed by atoms with Crippen LogP contribution < -0.4 is 5.32 Å². The lowest BCUT2D eigenvalue weighted by Crippen LogP contribution is -2.33. The number of aliphatic carboxylic acids is 1. The van der Waals surface area contributed by atoms with E-state index in [4.69, 9.17) is 5.11 Å². The van der Waals surface area contributed by atoms with Crippen molar-refractivity contribution in [3.05, 3.63) is 0 Å². The monoisotopic (exact) mass is 229 g/mol. The number of carboxylic acids is 1. The van der Waals surface area contributed by atoms with Gasteiger partial charge in [0.05, 0.1) is 5.41 Å². The highest BCUT2D eigenvalue weighted by Crippen LogP contribution is 2.19. The van der Waals surface area contributed by atoms with Crippen LogP contribution >= 0.6 is 0 Å². The van der Waals surface area contributed by atoms with Crippen molar-refractivity contribution < 1.29 is 9.90 Å². The Kier molecular flexibility index (Phi) is 6.65. The lowest BCUT2D eigenvalue weighted by molar-refractivity contribution is -0.147. The minimum Gasteiger partial charge on any atom is -0.481 e. The molecule has 0 aliphatic carbocycles. The first-order valence-corrected chi connectivity index (χ1v) is 6.22. The van der Waals surface area contributed by atoms with Gasteiger partial charge >= 0.3 is 5.97 Å². The molecule has 0 bridgehead atoms. The third-order valence-corrected chi connectivity index (χ3v) is 3.00. The van der Waals surface area contributed by atoms with Crippen LogP contribution in [0.2, 0.25) is 0 Å². The maximum atomic E-state index is 10.9. The second-order valence-electron chi connectivity index (χ2n) is 5.77. The van der Waals surface area contributed by atoms with Crippen LogP contribution in [0.15, 0.2) is 0 Å². The molecule has 0 heterocycles. The van der Waals surface area contributed by atoms with Crippen LogP contribution in [0.3, 0.4) is 0 Å². The second-order valence-corrected chi connectivity index (χ2v) is 5.77. The van der Waals surface area contributed by atoms with E-state index in [0.29, 0.717) is 12.5 Å². The number of hydrogen-bond donors (Lipinski definition) is 2. The molecular formula is C13H27NO2. The van der Waals surface area contributed by atoms with Gasteiger partial charge in [0.1, 0.15) is 0 Å². The molecule has 0 saturated carbocycles. The van der Waals surface area contributed by atoms with Gasteiger partial charge in [0.2, 0.25) is 0 Å². The molecule has 0 aromatic rings. The first-order valence-electron chi connectivity index (χ1n) is 6.22. The number of rotatable bonds is 8. The summed E-state index contributed by atoms with van der Waals surface area (Å²) >= 11 is 0. The normalized spacial score (nSPS) is 14.1. The highest BCUT2D eigenvalue weighted by Gasteiger charge is 2.26. The third kappa shape index (κ3) is 6.83. The van der Waals surface area contributed by atoms with E-state index in [1.54, 1.807) is 13.8 Å². The molecule has 0 spiro atoms. The Morgan fingerprint density at radius 2 is 1.81 bits per heavy atom. The van der Waals surface area contributed by atoms with E-state index in [9.17, 15) is 4.79 Å². The van der Waals surface area contributed by atoms with Crippen molar-refractivity contribution in [3.8, 4) is 0 Å². The molecule has 16 heavy (non-hydrogen) atoms. The fraction of sp³-hybridized carbons (Fsp3) is 0.923. The highest BCUT2D eigenvalue weighted by molar-refractivity contribution is 5.73. The van der Waals surface area contributed by atoms with Gasteiger partial charge < -0.3 is 10.4 Å². The predicted molar refractivity (Wildman–Crippen MR) is 67.6 cm³/mol. The highest BCUT2D eigenvalue weighted by atomic mass is 16.4. The molecule has 2 N–H and O–H groups in total. The Morgan fingerprint density at radius 3 is 2.25 bits per heavy atom. The summed E-state index contributed by atoms with van der Waals surface area (Å²) < 4.78 is 0. The Hall–Kier alpha value is -0.570. The van der Waals surface area contributed by atoms with Crippen LogP contribution in [0.5, 0.6) is 0 Å². The van der Waals surface area contributed by atoms with E-state index in [0.717, 1.165) is 18.9 Å². The van der Waals surface area contributed by atoms with Crippen molar-refractivity contribution in [1.29, 1.82) is 0 Å². The molecule has 1 unspecified atom stereocenters. The Morgan fingerprint density at radius 1 is 1.25 bits per heavy atom. The van der Waals surface area contributed by atoms with E-state index in [2.05, 4.69) is 26.1 Å². The van der Waals surface area contributed by atoms with E-state index in [1.807, 2.05) is 0 Å². The van der Waals surface area contributed by atoms with Gasteiger partial charge in [-0.15, -0.1) is 0 Å². The predicted octanol–water partition coefficient (Wildman–Crippen LogP) is 2.90. The van der Waals surface area contributed by atoms with Crippen LogP contribution in [0, 0.1) is 11.3 Å². The third-order valence-electron chi connectivity index (χ3n) is 3.00. The summed E-state index contributed by atoms with van der Waals surface area (Å²) in [5.74, 6) is 0.0174. The topological polar surface area (TPSA) is 49.3 Å². The Bertz CT molecular complexity index is 212. The SMILES string of the molecule is CC(C)CCC(C)NCCC(C)(C)C(=O)O. The number of carbonyl (C=O) groups is 1. The van der Waals surface area contributed by atoms with E-state index in [-0.39, 0.29) is 0 Å². The van der Waals surface area contributed by atoms with E-state index in [1.165, 1.54) is 6.42 Å². The fourth-order valence-corrected chi connectivity index (χ4v) is 1.42. The molecule has 0 aliphatic rings. The molecule has 0 fully saturated rings. The van der Waals surface area contributed by atoms with Crippen LogP contribution in [0.4, 0.5) is 0 Å². The van der Waals surface area contributed by atoms with Gasteiger partial charge in [0, 0.05) is 6.04 Å². The summed E-state index contributed by atoms with van der Waals surface area (Å²) in [5, 5.41) is 12.3. The second kappa shape index (κ2) is 6.89. The van der Waals surface area contributed by atoms with Gasteiger partial charge in [-0.2, -0.15) is 0 Å². The summed E-state index contributed by atoms with van der Waals surface area (Å²) in [6, 6.07) is 0.479. The van der Waals surface area contributed by atoms with Gasteiger partial charge in [-0.25, -0.2) is 0 Å². The van der Waals surface area contributed by atoms with Crippen molar-refractivity contribution in [1.82, 2.24) is 5.32 Å². The minimum absolute atomic E-state index is 0.479. The van der Waals surface area contributed by atoms with Crippen LogP contribution in [-0.2, 0) is 4.79 Å². The van der Waals surface area contributed by atoms with E-state index < -0.39 is 11.4 Å². The fourth-order valence-electron chi connectivity index (χ4n) is 1.42. The van der Waals surface area contributed by atoms with Crippen molar-refractivity contribution >= 4 is 5.97 Å². The van der Waals surface area contributed by atoms with Gasteiger partial charge in [-0.1, -0.05) is 13.8 Å². The summed E-state index contributed by atoms with van der Waals surface area (Å²) in [5.41, 5.74) is -0.620. The molecular weight excluding hydrogens is 202 g/mol. The largest absolute Gasteiger partial charge is 0.481 e. The van der Waals surface area contributed by atoms with Gasteiger partial charge in [-0.05, 0) is 52.5 Å². The zero-order valence-corrected chi connectivity index (χ0v) is 11.3. The van der Waals surface area contributed by atoms with Gasteiger partial charge in [-0.3, -0.25) is 4.79 Å². The quantitative estimate of drug-likeness (QED) is 0.673. The van der Waals surface area contributed by atoms with Crippen LogP contribution in [0.25, 0.3) is 0 Å². The molecule has 0 aliphatic heterocycles. The van der Waals surface area contributed by atoms with Gasteiger partial charge in [0.15, 0.2) is 0 Å². The minimum atomic E-state index is -0.718. The summed E-state index contributed by atoms with van der Waals surface area (Å²) in [6.07, 6.45) is 3.05. The van der Waals surface area contributed by atoms with Gasteiger partial charge in [0.25, 0.3) is 0 Å². The molecule has 0 saturated heterocycles. The molecule has 0 amide bonds. The maximum absolute atomic E-state index is 10.9. The molecule has 96 valence electrons. The van der Waals surface area contributed by atoms with Crippen molar-refractivity contribution in [2.45, 2.75) is 59.9 Å². The average Bonchev–Trinajstić information content (AvgIpc) is 2.14. The summed E-state index contributed by atoms with van der Waals surface area (Å²) in [6.45, 7) is 10.9. The molecule has 0 radical (unpaired) electrons. The maximum Gasteiger partial charge on any atom is 0.309 e. The molecule has 1 atom stereocenters. The summed E-state index contributed by atoms with van der Waals surface area (Å²) in [7, 11) is 0. The van der Waals surface area contributed by atoms with Crippen molar-refractivity contribution in [2.24, 2.45) is 11.3 Å². The Balaban J connectivity index is 3.69. The molecule has 3 nitrogen and oxygen atoms in total. The lowest BCUT2D eigenvalue weighted by Gasteiger charge is -2.21. The average molecular weight is 229 g/mol. The van der Waals surface area contributed by atoms with Crippen molar-refractivity contribution in [3.63, 3.8) is 0 Å². The van der Waals surface area contributed by atoms with Crippen LogP contribution in [-0.4, -0.2) is 23.7 Å². The summed E-state index contributed by atoms with van der Waals surface area (Å²) in [4.78, 5) is 10.9. The number of hydrogen-bond acceptors (Lipinski definition) is 2. The first-order chi connectivity index (χ1) is 7.25. The standard InChI is InChI=1S/C13H27NO2/c1-10(2)6-7-11(3)14-9-8-13(4,5)12(15)16/h10-11,14H,6-9H2,1-5H3,(H,15,16). The lowest BCUT2D eigenvalue weighted by atomic mass is 9.89. The first kappa shape index (κ1) is 15.4. The zero-order chi connectivity index (χ0) is 12.8. The molecule has 3 heteroatoms. The zero-order valence-electron chi connectivity index (χ0n) is 11.3. The Labute approximate surface area is 99.6 Å². The molecule has 0 aromatic heterocycles. The number of carboxylic acid groups (broad SMARTS) is 1. The van der Waals surface area contributed by atoms with Crippen LogP contribution in [0.1, 0.15) is 53.9 Å². The van der Waals surface area contributed by atoms with Crippen molar-refractivity contribution in [2.75, 3.05) is 6.54 Å². The smallest absolute Gasteiger partial charge is 0.309 e.